The zero-order valence-electron chi connectivity index (χ0n) is 18.2. The second-order valence-electron chi connectivity index (χ2n) is 8.27. The predicted molar refractivity (Wildman–Crippen MR) is 128 cm³/mol. The summed E-state index contributed by atoms with van der Waals surface area (Å²) in [6, 6.07) is 9.52. The number of hydrogen-bond acceptors (Lipinski definition) is 5. The van der Waals surface area contributed by atoms with E-state index in [1.165, 1.54) is 10.9 Å². The van der Waals surface area contributed by atoms with E-state index in [2.05, 4.69) is 4.98 Å². The third-order valence-electron chi connectivity index (χ3n) is 5.83. The van der Waals surface area contributed by atoms with Gasteiger partial charge in [0.05, 0.1) is 18.5 Å². The highest BCUT2D eigenvalue weighted by atomic mass is 32.1. The number of pyridine rings is 1. The molecule has 3 aromatic heterocycles. The van der Waals surface area contributed by atoms with E-state index >= 15 is 0 Å². The van der Waals surface area contributed by atoms with Crippen molar-refractivity contribution in [3.05, 3.63) is 78.8 Å². The number of benzene rings is 1. The number of ether oxygens (including phenoxy) is 1. The van der Waals surface area contributed by atoms with Gasteiger partial charge in [-0.05, 0) is 44.2 Å². The summed E-state index contributed by atoms with van der Waals surface area (Å²) >= 11 is 1.64. The van der Waals surface area contributed by atoms with Crippen LogP contribution in [-0.2, 0) is 19.4 Å². The summed E-state index contributed by atoms with van der Waals surface area (Å²) in [5.41, 5.74) is 3.55. The number of nitrogens with zero attached hydrogens (tertiary/aromatic N) is 2. The van der Waals surface area contributed by atoms with Crippen LogP contribution in [0.15, 0.2) is 46.1 Å². The number of fused-ring (bicyclic) bond motifs is 3. The average Bonchev–Trinajstić information content (AvgIpc) is 3.36. The molecule has 3 heterocycles. The summed E-state index contributed by atoms with van der Waals surface area (Å²) < 4.78 is 7.19. The van der Waals surface area contributed by atoms with Crippen molar-refractivity contribution in [1.82, 2.24) is 14.5 Å². The molecule has 32 heavy (non-hydrogen) atoms. The van der Waals surface area contributed by atoms with E-state index in [0.717, 1.165) is 52.6 Å². The second-order valence-corrected chi connectivity index (χ2v) is 9.35. The van der Waals surface area contributed by atoms with Crippen LogP contribution in [0.1, 0.15) is 41.5 Å². The topological polar surface area (TPSA) is 77.0 Å². The van der Waals surface area contributed by atoms with Gasteiger partial charge in [-0.1, -0.05) is 30.7 Å². The molecule has 7 heteroatoms. The molecular weight excluding hydrogens is 422 g/mol. The Morgan fingerprint density at radius 2 is 2.09 bits per heavy atom. The van der Waals surface area contributed by atoms with Crippen LogP contribution >= 0.6 is 11.3 Å². The van der Waals surface area contributed by atoms with Gasteiger partial charge in [0.15, 0.2) is 5.75 Å². The van der Waals surface area contributed by atoms with Crippen LogP contribution in [0.25, 0.3) is 21.6 Å². The number of thiophene rings is 1. The highest BCUT2D eigenvalue weighted by Crippen LogP contribution is 2.35. The van der Waals surface area contributed by atoms with Gasteiger partial charge in [0.2, 0.25) is 5.43 Å². The molecule has 5 rings (SSSR count). The van der Waals surface area contributed by atoms with Crippen molar-refractivity contribution < 1.29 is 4.74 Å². The Morgan fingerprint density at radius 1 is 1.22 bits per heavy atom. The molecule has 6 nitrogen and oxygen atoms in total. The Balaban J connectivity index is 1.66. The zero-order valence-corrected chi connectivity index (χ0v) is 19.1. The summed E-state index contributed by atoms with van der Waals surface area (Å²) in [5, 5.41) is 0.740. The van der Waals surface area contributed by atoms with Crippen molar-refractivity contribution in [3.8, 4) is 17.1 Å². The van der Waals surface area contributed by atoms with E-state index in [9.17, 15) is 9.59 Å². The van der Waals surface area contributed by atoms with E-state index in [4.69, 9.17) is 9.72 Å². The molecule has 0 atom stereocenters. The molecule has 1 aliphatic carbocycles. The van der Waals surface area contributed by atoms with E-state index in [1.807, 2.05) is 38.1 Å². The van der Waals surface area contributed by atoms with E-state index in [1.54, 1.807) is 22.1 Å². The van der Waals surface area contributed by atoms with Crippen molar-refractivity contribution in [1.29, 1.82) is 0 Å². The minimum atomic E-state index is -0.192. The van der Waals surface area contributed by atoms with Crippen LogP contribution in [0, 0.1) is 6.92 Å². The molecule has 1 aromatic carbocycles. The van der Waals surface area contributed by atoms with Gasteiger partial charge in [-0.25, -0.2) is 4.98 Å². The van der Waals surface area contributed by atoms with Crippen LogP contribution in [-0.4, -0.2) is 21.1 Å². The molecule has 0 radical (unpaired) electrons. The maximum absolute atomic E-state index is 13.7. The van der Waals surface area contributed by atoms with Crippen LogP contribution in [0.2, 0.25) is 0 Å². The normalized spacial score (nSPS) is 12.9. The first-order valence-corrected chi connectivity index (χ1v) is 11.8. The number of hydrogen-bond donors (Lipinski definition) is 1. The maximum atomic E-state index is 13.7. The first kappa shape index (κ1) is 20.7. The fourth-order valence-electron chi connectivity index (χ4n) is 4.31. The molecule has 0 amide bonds. The van der Waals surface area contributed by atoms with Crippen molar-refractivity contribution in [2.75, 3.05) is 6.61 Å². The van der Waals surface area contributed by atoms with Gasteiger partial charge in [0.1, 0.15) is 10.7 Å². The number of aromatic nitrogens is 3. The van der Waals surface area contributed by atoms with Crippen molar-refractivity contribution in [3.63, 3.8) is 0 Å². The highest BCUT2D eigenvalue weighted by molar-refractivity contribution is 7.18. The van der Waals surface area contributed by atoms with Gasteiger partial charge in [-0.3, -0.25) is 14.2 Å². The van der Waals surface area contributed by atoms with Crippen molar-refractivity contribution in [2.24, 2.45) is 0 Å². The standard InChI is InChI=1S/C25H25N3O3S/c1-3-10-31-20-13-26-17(12-19(20)29)14-28-23(16-7-4-6-15(2)11-16)27-24-22(25(28)30)18-8-5-9-21(18)32-24/h4,6-7,11-13H,3,5,8-10,14H2,1-2H3,(H,26,29). The summed E-state index contributed by atoms with van der Waals surface area (Å²) in [7, 11) is 0. The van der Waals surface area contributed by atoms with Gasteiger partial charge in [0.25, 0.3) is 5.56 Å². The van der Waals surface area contributed by atoms with Crippen LogP contribution in [0.4, 0.5) is 0 Å². The molecule has 0 saturated heterocycles. The van der Waals surface area contributed by atoms with Gasteiger partial charge in [0, 0.05) is 28.4 Å². The Hall–Kier alpha value is -3.19. The fraction of sp³-hybridized carbons (Fsp3) is 0.320. The maximum Gasteiger partial charge on any atom is 0.263 e. The van der Waals surface area contributed by atoms with Gasteiger partial charge in [-0.15, -0.1) is 11.3 Å². The third kappa shape index (κ3) is 3.66. The summed E-state index contributed by atoms with van der Waals surface area (Å²) in [5.74, 6) is 0.921. The van der Waals surface area contributed by atoms with Crippen LogP contribution in [0.5, 0.6) is 5.75 Å². The molecular formula is C25H25N3O3S. The van der Waals surface area contributed by atoms with E-state index in [-0.39, 0.29) is 17.5 Å². The summed E-state index contributed by atoms with van der Waals surface area (Å²) in [6.07, 6.45) is 5.44. The second kappa shape index (κ2) is 8.39. The molecule has 1 aliphatic rings. The minimum absolute atomic E-state index is 0.0435. The highest BCUT2D eigenvalue weighted by Gasteiger charge is 2.24. The Kier molecular flexibility index (Phi) is 5.43. The lowest BCUT2D eigenvalue weighted by Gasteiger charge is -2.14. The SMILES string of the molecule is CCCOc1c[nH]c(Cn2c(-c3cccc(C)c3)nc3sc4c(c3c2=O)CCC4)cc1=O. The number of nitrogens with one attached hydrogen (secondary N) is 1. The molecule has 4 aromatic rings. The molecule has 0 unspecified atom stereocenters. The quantitative estimate of drug-likeness (QED) is 0.474. The first-order valence-electron chi connectivity index (χ1n) is 11.0. The number of aryl methyl sites for hydroxylation is 3. The lowest BCUT2D eigenvalue weighted by Crippen LogP contribution is -2.25. The third-order valence-corrected chi connectivity index (χ3v) is 7.01. The largest absolute Gasteiger partial charge is 0.488 e. The Bertz CT molecular complexity index is 1430. The lowest BCUT2D eigenvalue weighted by molar-refractivity contribution is 0.313. The fourth-order valence-corrected chi connectivity index (χ4v) is 5.57. The molecule has 1 N–H and O–H groups in total. The molecule has 0 fully saturated rings. The predicted octanol–water partition coefficient (Wildman–Crippen LogP) is 4.45. The van der Waals surface area contributed by atoms with Crippen LogP contribution < -0.4 is 15.7 Å². The Labute approximate surface area is 189 Å². The van der Waals surface area contributed by atoms with Crippen LogP contribution in [0.3, 0.4) is 0 Å². The molecule has 164 valence electrons. The van der Waals surface area contributed by atoms with E-state index in [0.29, 0.717) is 23.9 Å². The summed E-state index contributed by atoms with van der Waals surface area (Å²) in [4.78, 5) is 36.4. The van der Waals surface area contributed by atoms with Gasteiger partial charge >= 0.3 is 0 Å². The van der Waals surface area contributed by atoms with Gasteiger partial charge < -0.3 is 9.72 Å². The summed E-state index contributed by atoms with van der Waals surface area (Å²) in [6.45, 7) is 4.74. The molecule has 0 saturated carbocycles. The number of aromatic amines is 1. The average molecular weight is 448 g/mol. The van der Waals surface area contributed by atoms with Crippen molar-refractivity contribution >= 4 is 21.6 Å². The smallest absolute Gasteiger partial charge is 0.263 e. The zero-order chi connectivity index (χ0) is 22.2. The molecule has 0 bridgehead atoms. The van der Waals surface area contributed by atoms with E-state index < -0.39 is 0 Å². The Morgan fingerprint density at radius 3 is 2.88 bits per heavy atom. The minimum Gasteiger partial charge on any atom is -0.488 e. The number of H-pyrrole nitrogens is 1. The lowest BCUT2D eigenvalue weighted by atomic mass is 10.1. The van der Waals surface area contributed by atoms with Crippen molar-refractivity contribution in [2.45, 2.75) is 46.1 Å². The number of rotatable bonds is 6. The molecule has 0 aliphatic heterocycles. The van der Waals surface area contributed by atoms with Gasteiger partial charge in [-0.2, -0.15) is 0 Å². The molecule has 0 spiro atoms. The first-order chi connectivity index (χ1) is 15.5. The monoisotopic (exact) mass is 447 g/mol.